The molecule has 27 heavy (non-hydrogen) atoms. The Kier molecular flexibility index (Phi) is 10.8. The first kappa shape index (κ1) is 24.8. The Morgan fingerprint density at radius 1 is 0.778 bits per heavy atom. The number of hydrogen-bond acceptors (Lipinski definition) is 2. The van der Waals surface area contributed by atoms with E-state index < -0.39 is 14.4 Å². The van der Waals surface area contributed by atoms with E-state index in [0.29, 0.717) is 5.30 Å². The Bertz CT molecular complexity index is 531. The Morgan fingerprint density at radius 3 is 1.48 bits per heavy atom. The summed E-state index contributed by atoms with van der Waals surface area (Å²) in [6.45, 7) is 6.07. The second-order valence-corrected chi connectivity index (χ2v) is 15.8. The zero-order valence-electron chi connectivity index (χ0n) is 18.0. The van der Waals surface area contributed by atoms with Crippen molar-refractivity contribution in [1.82, 2.24) is 0 Å². The molecular weight excluding hydrogens is 374 g/mol. The standard InChI is InChI=1S/C22H42O3P2/c1-5-9-18-27(19-10-6-2,20-11-7-3,21-12-8-4)25-26(23,24)22-16-14-13-15-17-22/h13-17H,5-12,18-21H2,1-4H3,(H,23,24). The molecule has 1 atom stereocenters. The van der Waals surface area contributed by atoms with Crippen LogP contribution in [-0.4, -0.2) is 29.5 Å². The van der Waals surface area contributed by atoms with Gasteiger partial charge in [0.1, 0.15) is 0 Å². The third-order valence-corrected chi connectivity index (χ3v) is 15.2. The number of rotatable bonds is 15. The quantitative estimate of drug-likeness (QED) is 0.308. The van der Waals surface area contributed by atoms with Gasteiger partial charge in [-0.05, 0) is 0 Å². The van der Waals surface area contributed by atoms with Crippen LogP contribution in [0.15, 0.2) is 30.3 Å². The van der Waals surface area contributed by atoms with Crippen LogP contribution in [0, 0.1) is 0 Å². The summed E-state index contributed by atoms with van der Waals surface area (Å²) in [6, 6.07) is 9.02. The minimum atomic E-state index is -3.83. The van der Waals surface area contributed by atoms with Gasteiger partial charge in [-0.15, -0.1) is 0 Å². The van der Waals surface area contributed by atoms with Crippen LogP contribution in [0.4, 0.5) is 0 Å². The van der Waals surface area contributed by atoms with Gasteiger partial charge in [0.25, 0.3) is 0 Å². The summed E-state index contributed by atoms with van der Waals surface area (Å²) >= 11 is 0. The first-order chi connectivity index (χ1) is 12.9. The first-order valence-electron chi connectivity index (χ1n) is 11.0. The van der Waals surface area contributed by atoms with Gasteiger partial charge >= 0.3 is 168 Å². The number of hydrogen-bond donors (Lipinski definition) is 1. The molecule has 1 unspecified atom stereocenters. The predicted molar refractivity (Wildman–Crippen MR) is 123 cm³/mol. The monoisotopic (exact) mass is 416 g/mol. The van der Waals surface area contributed by atoms with Crippen LogP contribution in [0.3, 0.4) is 0 Å². The van der Waals surface area contributed by atoms with Crippen molar-refractivity contribution in [2.24, 2.45) is 0 Å². The molecule has 1 rings (SSSR count). The van der Waals surface area contributed by atoms with Gasteiger partial charge in [0, 0.05) is 0 Å². The predicted octanol–water partition coefficient (Wildman–Crippen LogP) is 7.18. The van der Waals surface area contributed by atoms with Crippen molar-refractivity contribution in [3.05, 3.63) is 30.3 Å². The molecule has 1 aromatic carbocycles. The van der Waals surface area contributed by atoms with Crippen LogP contribution < -0.4 is 5.30 Å². The molecule has 0 aliphatic rings. The van der Waals surface area contributed by atoms with Gasteiger partial charge in [0.2, 0.25) is 0 Å². The molecule has 1 N–H and O–H groups in total. The van der Waals surface area contributed by atoms with Crippen molar-refractivity contribution in [3.63, 3.8) is 0 Å². The Hall–Kier alpha value is -0.200. The molecule has 1 aromatic rings. The summed E-state index contributed by atoms with van der Waals surface area (Å²) in [7, 11) is -3.83. The molecule has 0 radical (unpaired) electrons. The van der Waals surface area contributed by atoms with E-state index in [0.717, 1.165) is 76.0 Å². The molecule has 0 amide bonds. The molecule has 0 heterocycles. The zero-order valence-corrected chi connectivity index (χ0v) is 19.8. The van der Waals surface area contributed by atoms with E-state index in [1.807, 2.05) is 18.2 Å². The topological polar surface area (TPSA) is 46.5 Å². The molecule has 3 nitrogen and oxygen atoms in total. The van der Waals surface area contributed by atoms with Crippen molar-refractivity contribution in [1.29, 1.82) is 0 Å². The van der Waals surface area contributed by atoms with Gasteiger partial charge in [0.15, 0.2) is 0 Å². The van der Waals surface area contributed by atoms with Gasteiger partial charge in [-0.3, -0.25) is 0 Å². The Labute approximate surface area is 167 Å². The fourth-order valence-electron chi connectivity index (χ4n) is 4.04. The Balaban J connectivity index is 3.41. The van der Waals surface area contributed by atoms with Gasteiger partial charge in [-0.25, -0.2) is 0 Å². The van der Waals surface area contributed by atoms with Gasteiger partial charge < -0.3 is 0 Å². The second kappa shape index (κ2) is 11.7. The summed E-state index contributed by atoms with van der Waals surface area (Å²) in [6.07, 6.45) is 12.8. The van der Waals surface area contributed by atoms with E-state index in [1.54, 1.807) is 12.1 Å². The first-order valence-corrected chi connectivity index (χ1v) is 15.4. The number of unbranched alkanes of at least 4 members (excludes halogenated alkanes) is 4. The van der Waals surface area contributed by atoms with Crippen LogP contribution >= 0.6 is 14.4 Å². The van der Waals surface area contributed by atoms with E-state index in [-0.39, 0.29) is 0 Å². The fourth-order valence-corrected chi connectivity index (χ4v) is 14.6. The zero-order chi connectivity index (χ0) is 20.3. The van der Waals surface area contributed by atoms with Crippen LogP contribution in [0.5, 0.6) is 0 Å². The summed E-state index contributed by atoms with van der Waals surface area (Å²) < 4.78 is 20.1. The molecule has 0 aliphatic carbocycles. The van der Waals surface area contributed by atoms with E-state index in [2.05, 4.69) is 27.7 Å². The SMILES string of the molecule is CCCCP(CCCC)(CCCC)(CCCC)OP(=O)(O)c1ccccc1. The second-order valence-electron chi connectivity index (χ2n) is 8.10. The summed E-state index contributed by atoms with van der Waals surface area (Å²) in [5.74, 6) is 0. The van der Waals surface area contributed by atoms with E-state index >= 15 is 0 Å². The molecule has 0 fully saturated rings. The summed E-state index contributed by atoms with van der Waals surface area (Å²) in [5.41, 5.74) is 0. The molecule has 158 valence electrons. The molecule has 0 spiro atoms. The molecule has 0 aromatic heterocycles. The van der Waals surface area contributed by atoms with Crippen molar-refractivity contribution in [3.8, 4) is 0 Å². The third kappa shape index (κ3) is 7.28. The average molecular weight is 417 g/mol. The normalized spacial score (nSPS) is 15.8. The van der Waals surface area contributed by atoms with Gasteiger partial charge in [-0.1, -0.05) is 0 Å². The molecule has 0 bridgehead atoms. The Morgan fingerprint density at radius 2 is 1.15 bits per heavy atom. The fraction of sp³-hybridized carbons (Fsp3) is 0.727. The summed E-state index contributed by atoms with van der Waals surface area (Å²) in [4.78, 5) is 11.0. The molecule has 0 saturated carbocycles. The molecular formula is C22H42O3P2. The van der Waals surface area contributed by atoms with Gasteiger partial charge in [-0.2, -0.15) is 0 Å². The molecule has 0 saturated heterocycles. The van der Waals surface area contributed by atoms with Crippen molar-refractivity contribution < 1.29 is 13.8 Å². The summed E-state index contributed by atoms with van der Waals surface area (Å²) in [5, 5.41) is 0.444. The maximum absolute atomic E-state index is 13.5. The number of benzene rings is 1. The van der Waals surface area contributed by atoms with Crippen LogP contribution in [0.25, 0.3) is 0 Å². The van der Waals surface area contributed by atoms with Crippen LogP contribution in [-0.2, 0) is 8.88 Å². The third-order valence-electron chi connectivity index (χ3n) is 5.73. The molecule has 0 aliphatic heterocycles. The van der Waals surface area contributed by atoms with E-state index in [9.17, 15) is 9.46 Å². The van der Waals surface area contributed by atoms with Crippen molar-refractivity contribution in [2.75, 3.05) is 24.6 Å². The van der Waals surface area contributed by atoms with E-state index in [4.69, 9.17) is 4.31 Å². The minimum absolute atomic E-state index is 0.444. The van der Waals surface area contributed by atoms with Crippen molar-refractivity contribution in [2.45, 2.75) is 79.1 Å². The van der Waals surface area contributed by atoms with Crippen LogP contribution in [0.2, 0.25) is 0 Å². The average Bonchev–Trinajstić information content (AvgIpc) is 2.68. The van der Waals surface area contributed by atoms with Gasteiger partial charge in [0.05, 0.1) is 0 Å². The van der Waals surface area contributed by atoms with Crippen molar-refractivity contribution >= 4 is 19.7 Å². The maximum atomic E-state index is 13.5. The van der Waals surface area contributed by atoms with Crippen LogP contribution in [0.1, 0.15) is 79.1 Å². The van der Waals surface area contributed by atoms with E-state index in [1.165, 1.54) is 0 Å². The molecule has 5 heteroatoms.